The van der Waals surface area contributed by atoms with Gasteiger partial charge in [0.2, 0.25) is 0 Å². The summed E-state index contributed by atoms with van der Waals surface area (Å²) >= 11 is 6.08. The molecule has 0 radical (unpaired) electrons. The number of imide groups is 1. The first-order chi connectivity index (χ1) is 11.9. The molecule has 0 fully saturated rings. The molecule has 25 heavy (non-hydrogen) atoms. The first-order valence-electron chi connectivity index (χ1n) is 7.34. The maximum atomic E-state index is 12.6. The number of carbonyl (C=O) groups is 4. The Bertz CT molecular complexity index is 921. The fourth-order valence-electron chi connectivity index (χ4n) is 2.47. The molecule has 0 saturated heterocycles. The Kier molecular flexibility index (Phi) is 4.37. The van der Waals surface area contributed by atoms with Crippen molar-refractivity contribution in [3.8, 4) is 0 Å². The van der Waals surface area contributed by atoms with Gasteiger partial charge >= 0.3 is 5.97 Å². The van der Waals surface area contributed by atoms with E-state index in [-0.39, 0.29) is 39.8 Å². The number of hydrogen-bond acceptors (Lipinski definition) is 5. The van der Waals surface area contributed by atoms with Gasteiger partial charge in [-0.2, -0.15) is 0 Å². The van der Waals surface area contributed by atoms with Gasteiger partial charge in [0, 0.05) is 0 Å². The Morgan fingerprint density at radius 2 is 1.72 bits per heavy atom. The highest BCUT2D eigenvalue weighted by Crippen LogP contribution is 2.33. The minimum absolute atomic E-state index is 0.0853. The van der Waals surface area contributed by atoms with Crippen LogP contribution in [0.4, 0.5) is 5.69 Å². The van der Waals surface area contributed by atoms with Crippen molar-refractivity contribution >= 4 is 40.9 Å². The van der Waals surface area contributed by atoms with Crippen molar-refractivity contribution in [1.29, 1.82) is 0 Å². The lowest BCUT2D eigenvalue weighted by Crippen LogP contribution is -2.29. The molecular weight excluding hydrogens is 346 g/mol. The molecule has 1 aliphatic rings. The molecule has 0 aromatic heterocycles. The van der Waals surface area contributed by atoms with E-state index in [1.54, 1.807) is 24.3 Å². The molecule has 0 atom stereocenters. The average Bonchev–Trinajstić information content (AvgIpc) is 2.84. The molecule has 2 aromatic carbocycles. The Morgan fingerprint density at radius 3 is 2.40 bits per heavy atom. The van der Waals surface area contributed by atoms with Crippen molar-refractivity contribution in [3.05, 3.63) is 64.2 Å². The summed E-state index contributed by atoms with van der Waals surface area (Å²) < 4.78 is 4.82. The summed E-state index contributed by atoms with van der Waals surface area (Å²) in [5, 5.41) is 0.262. The summed E-state index contributed by atoms with van der Waals surface area (Å²) in [4.78, 5) is 49.0. The minimum atomic E-state index is -0.741. The van der Waals surface area contributed by atoms with Gasteiger partial charge < -0.3 is 4.74 Å². The number of halogens is 1. The van der Waals surface area contributed by atoms with Gasteiger partial charge in [-0.3, -0.25) is 14.4 Å². The highest BCUT2D eigenvalue weighted by Gasteiger charge is 2.38. The van der Waals surface area contributed by atoms with E-state index in [2.05, 4.69) is 0 Å². The Labute approximate surface area is 147 Å². The van der Waals surface area contributed by atoms with E-state index in [1.165, 1.54) is 25.1 Å². The third kappa shape index (κ3) is 3.04. The SMILES string of the molecule is CC(=O)COC(=O)c1ccc2c(c1)C(=O)N(c1ccccc1Cl)C2=O. The summed E-state index contributed by atoms with van der Waals surface area (Å²) in [6, 6.07) is 10.5. The van der Waals surface area contributed by atoms with Gasteiger partial charge in [0.1, 0.15) is 6.61 Å². The zero-order valence-electron chi connectivity index (χ0n) is 13.1. The fraction of sp³-hybridized carbons (Fsp3) is 0.111. The number of nitrogens with zero attached hydrogens (tertiary/aromatic N) is 1. The monoisotopic (exact) mass is 357 g/mol. The Balaban J connectivity index is 1.95. The lowest BCUT2D eigenvalue weighted by molar-refractivity contribution is -0.120. The van der Waals surface area contributed by atoms with Gasteiger partial charge in [0.25, 0.3) is 11.8 Å². The quantitative estimate of drug-likeness (QED) is 0.620. The second kappa shape index (κ2) is 6.49. The third-order valence-electron chi connectivity index (χ3n) is 3.62. The molecule has 2 aromatic rings. The number of esters is 1. The van der Waals surface area contributed by atoms with Crippen LogP contribution >= 0.6 is 11.6 Å². The maximum absolute atomic E-state index is 12.6. The summed E-state index contributed by atoms with van der Waals surface area (Å²) in [6.45, 7) is 0.939. The molecule has 2 amide bonds. The van der Waals surface area contributed by atoms with Crippen molar-refractivity contribution in [3.63, 3.8) is 0 Å². The van der Waals surface area contributed by atoms with Crippen molar-refractivity contribution < 1.29 is 23.9 Å². The van der Waals surface area contributed by atoms with Crippen LogP contribution in [-0.2, 0) is 9.53 Å². The molecule has 0 bridgehead atoms. The molecule has 0 unspecified atom stereocenters. The number of para-hydroxylation sites is 1. The normalized spacial score (nSPS) is 13.0. The third-order valence-corrected chi connectivity index (χ3v) is 3.94. The number of anilines is 1. The van der Waals surface area contributed by atoms with E-state index in [1.807, 2.05) is 0 Å². The number of carbonyl (C=O) groups excluding carboxylic acids is 4. The standard InChI is InChI=1S/C18H12ClNO5/c1-10(21)9-25-18(24)11-6-7-12-13(8-11)17(23)20(16(12)22)15-5-3-2-4-14(15)19/h2-8H,9H2,1H3. The first-order valence-corrected chi connectivity index (χ1v) is 7.72. The zero-order chi connectivity index (χ0) is 18.1. The van der Waals surface area contributed by atoms with E-state index in [4.69, 9.17) is 16.3 Å². The number of rotatable bonds is 4. The highest BCUT2D eigenvalue weighted by molar-refractivity contribution is 6.39. The van der Waals surface area contributed by atoms with Gasteiger partial charge in [0.15, 0.2) is 5.78 Å². The molecule has 0 saturated carbocycles. The second-order valence-electron chi connectivity index (χ2n) is 5.44. The van der Waals surface area contributed by atoms with Gasteiger partial charge in [-0.1, -0.05) is 23.7 Å². The number of ether oxygens (including phenoxy) is 1. The summed E-state index contributed by atoms with van der Waals surface area (Å²) in [6.07, 6.45) is 0. The van der Waals surface area contributed by atoms with E-state index in [0.717, 1.165) is 4.90 Å². The van der Waals surface area contributed by atoms with Crippen LogP contribution in [0.5, 0.6) is 0 Å². The number of hydrogen-bond donors (Lipinski definition) is 0. The predicted octanol–water partition coefficient (Wildman–Crippen LogP) is 2.89. The molecular formula is C18H12ClNO5. The predicted molar refractivity (Wildman–Crippen MR) is 90.0 cm³/mol. The van der Waals surface area contributed by atoms with Gasteiger partial charge in [-0.05, 0) is 37.3 Å². The van der Waals surface area contributed by atoms with Gasteiger partial charge in [-0.15, -0.1) is 0 Å². The smallest absolute Gasteiger partial charge is 0.338 e. The molecule has 6 nitrogen and oxygen atoms in total. The summed E-state index contributed by atoms with van der Waals surface area (Å²) in [5.74, 6) is -2.13. The van der Waals surface area contributed by atoms with Crippen molar-refractivity contribution in [2.45, 2.75) is 6.92 Å². The maximum Gasteiger partial charge on any atom is 0.338 e. The summed E-state index contributed by atoms with van der Waals surface area (Å²) in [5.41, 5.74) is 0.619. The topological polar surface area (TPSA) is 80.8 Å². The number of fused-ring (bicyclic) bond motifs is 1. The first kappa shape index (κ1) is 16.9. The van der Waals surface area contributed by atoms with Crippen LogP contribution in [0.3, 0.4) is 0 Å². The van der Waals surface area contributed by atoms with Crippen LogP contribution in [0, 0.1) is 0 Å². The number of Topliss-reactive ketones (excluding diaryl/α,β-unsaturated/α-hetero) is 1. The van der Waals surface area contributed by atoms with Crippen LogP contribution < -0.4 is 4.90 Å². The summed E-state index contributed by atoms with van der Waals surface area (Å²) in [7, 11) is 0. The number of ketones is 1. The van der Waals surface area contributed by atoms with E-state index in [9.17, 15) is 19.2 Å². The minimum Gasteiger partial charge on any atom is -0.454 e. The molecule has 126 valence electrons. The highest BCUT2D eigenvalue weighted by atomic mass is 35.5. The van der Waals surface area contributed by atoms with Crippen LogP contribution in [-0.4, -0.2) is 30.2 Å². The molecule has 0 spiro atoms. The largest absolute Gasteiger partial charge is 0.454 e. The molecule has 0 aliphatic carbocycles. The van der Waals surface area contributed by atoms with Crippen LogP contribution in [0.1, 0.15) is 38.0 Å². The van der Waals surface area contributed by atoms with Gasteiger partial charge in [-0.25, -0.2) is 9.69 Å². The van der Waals surface area contributed by atoms with Crippen LogP contribution in [0.25, 0.3) is 0 Å². The number of amides is 2. The Hall–Kier alpha value is -2.99. The second-order valence-corrected chi connectivity index (χ2v) is 5.84. The molecule has 1 aliphatic heterocycles. The van der Waals surface area contributed by atoms with Gasteiger partial charge in [0.05, 0.1) is 27.4 Å². The molecule has 1 heterocycles. The van der Waals surface area contributed by atoms with Crippen LogP contribution in [0.2, 0.25) is 5.02 Å². The van der Waals surface area contributed by atoms with Crippen LogP contribution in [0.15, 0.2) is 42.5 Å². The van der Waals surface area contributed by atoms with Crippen molar-refractivity contribution in [2.75, 3.05) is 11.5 Å². The van der Waals surface area contributed by atoms with E-state index >= 15 is 0 Å². The van der Waals surface area contributed by atoms with Crippen molar-refractivity contribution in [2.24, 2.45) is 0 Å². The Morgan fingerprint density at radius 1 is 1.04 bits per heavy atom. The lowest BCUT2D eigenvalue weighted by atomic mass is 10.1. The van der Waals surface area contributed by atoms with E-state index in [0.29, 0.717) is 0 Å². The van der Waals surface area contributed by atoms with E-state index < -0.39 is 17.8 Å². The zero-order valence-corrected chi connectivity index (χ0v) is 13.9. The molecule has 7 heteroatoms. The van der Waals surface area contributed by atoms with Crippen molar-refractivity contribution in [1.82, 2.24) is 0 Å². The fourth-order valence-corrected chi connectivity index (χ4v) is 2.69. The molecule has 3 rings (SSSR count). The molecule has 0 N–H and O–H groups in total. The average molecular weight is 358 g/mol. The number of benzene rings is 2. The lowest BCUT2D eigenvalue weighted by Gasteiger charge is -2.15.